The first kappa shape index (κ1) is 19.6. The summed E-state index contributed by atoms with van der Waals surface area (Å²) in [6.45, 7) is 0.972. The number of H-pyrrole nitrogens is 1. The van der Waals surface area contributed by atoms with Crippen LogP contribution in [0, 0.1) is 0 Å². The van der Waals surface area contributed by atoms with E-state index in [9.17, 15) is 18.0 Å². The number of amides is 1. The van der Waals surface area contributed by atoms with E-state index in [1.807, 2.05) is 30.5 Å². The van der Waals surface area contributed by atoms with Crippen molar-refractivity contribution in [3.05, 3.63) is 53.0 Å². The molecule has 3 heterocycles. The molecule has 1 amide bonds. The fraction of sp³-hybridized carbons (Fsp3) is 0.263. The number of sulfonamides is 1. The van der Waals surface area contributed by atoms with E-state index in [2.05, 4.69) is 4.98 Å². The molecule has 10 heteroatoms. The number of fused-ring (bicyclic) bond motifs is 1. The molecule has 0 bridgehead atoms. The topological polar surface area (TPSA) is 111 Å². The van der Waals surface area contributed by atoms with Crippen LogP contribution in [0.2, 0.25) is 0 Å². The van der Waals surface area contributed by atoms with Gasteiger partial charge in [-0.3, -0.25) is 4.79 Å². The summed E-state index contributed by atoms with van der Waals surface area (Å²) >= 11 is 0.895. The summed E-state index contributed by atoms with van der Waals surface area (Å²) in [4.78, 5) is 28.5. The average Bonchev–Trinajstić information content (AvgIpc) is 3.36. The summed E-state index contributed by atoms with van der Waals surface area (Å²) < 4.78 is 26.8. The van der Waals surface area contributed by atoms with E-state index in [0.29, 0.717) is 13.1 Å². The zero-order valence-corrected chi connectivity index (χ0v) is 17.0. The molecule has 1 fully saturated rings. The van der Waals surface area contributed by atoms with Crippen LogP contribution in [-0.4, -0.2) is 65.8 Å². The van der Waals surface area contributed by atoms with Gasteiger partial charge < -0.3 is 15.0 Å². The molecular weight excluding hydrogens is 414 g/mol. The smallest absolute Gasteiger partial charge is 0.336 e. The number of hydrogen-bond acceptors (Lipinski definition) is 5. The Morgan fingerprint density at radius 3 is 2.55 bits per heavy atom. The van der Waals surface area contributed by atoms with Gasteiger partial charge in [0.25, 0.3) is 10.0 Å². The van der Waals surface area contributed by atoms with Crippen molar-refractivity contribution in [3.8, 4) is 0 Å². The Balaban J connectivity index is 1.40. The van der Waals surface area contributed by atoms with E-state index in [4.69, 9.17) is 5.11 Å². The molecule has 1 saturated heterocycles. The predicted molar refractivity (Wildman–Crippen MR) is 109 cm³/mol. The molecule has 0 spiro atoms. The van der Waals surface area contributed by atoms with Crippen molar-refractivity contribution in [1.82, 2.24) is 14.2 Å². The van der Waals surface area contributed by atoms with Crippen LogP contribution >= 0.6 is 11.3 Å². The van der Waals surface area contributed by atoms with E-state index in [1.165, 1.54) is 15.8 Å². The molecule has 0 atom stereocenters. The van der Waals surface area contributed by atoms with Crippen LogP contribution in [0.25, 0.3) is 10.9 Å². The fourth-order valence-corrected chi connectivity index (χ4v) is 6.15. The second-order valence-corrected chi connectivity index (χ2v) is 9.86. The van der Waals surface area contributed by atoms with Gasteiger partial charge in [-0.2, -0.15) is 4.31 Å². The molecule has 0 radical (unpaired) electrons. The zero-order chi connectivity index (χ0) is 20.6. The number of aromatic nitrogens is 1. The Bertz CT molecular complexity index is 1170. The Hall–Kier alpha value is -2.69. The second kappa shape index (κ2) is 7.62. The van der Waals surface area contributed by atoms with Crippen LogP contribution in [0.15, 0.2) is 46.1 Å². The number of carbonyl (C=O) groups is 2. The summed E-state index contributed by atoms with van der Waals surface area (Å²) in [6, 6.07) is 8.95. The van der Waals surface area contributed by atoms with Gasteiger partial charge in [0, 0.05) is 48.7 Å². The minimum atomic E-state index is -3.76. The Morgan fingerprint density at radius 1 is 1.14 bits per heavy atom. The summed E-state index contributed by atoms with van der Waals surface area (Å²) in [6.07, 6.45) is 2.09. The summed E-state index contributed by atoms with van der Waals surface area (Å²) in [7, 11) is -3.76. The molecule has 1 aromatic carbocycles. The van der Waals surface area contributed by atoms with Crippen molar-refractivity contribution < 1.29 is 23.1 Å². The zero-order valence-electron chi connectivity index (χ0n) is 15.4. The lowest BCUT2D eigenvalue weighted by Gasteiger charge is -2.33. The third-order valence-electron chi connectivity index (χ3n) is 5.02. The largest absolute Gasteiger partial charge is 0.478 e. The summed E-state index contributed by atoms with van der Waals surface area (Å²) in [5, 5.41) is 11.3. The summed E-state index contributed by atoms with van der Waals surface area (Å²) in [5.74, 6) is -1.20. The first-order valence-corrected chi connectivity index (χ1v) is 11.3. The van der Waals surface area contributed by atoms with Gasteiger partial charge in [0.1, 0.15) is 4.21 Å². The number of para-hydroxylation sites is 1. The van der Waals surface area contributed by atoms with Gasteiger partial charge >= 0.3 is 5.97 Å². The summed E-state index contributed by atoms with van der Waals surface area (Å²) in [5.41, 5.74) is 1.85. The predicted octanol–water partition coefficient (Wildman–Crippen LogP) is 2.00. The third-order valence-corrected chi connectivity index (χ3v) is 8.34. The number of rotatable bonds is 5. The highest BCUT2D eigenvalue weighted by Crippen LogP contribution is 2.25. The molecule has 0 unspecified atom stereocenters. The van der Waals surface area contributed by atoms with Crippen molar-refractivity contribution in [3.63, 3.8) is 0 Å². The van der Waals surface area contributed by atoms with E-state index in [0.717, 1.165) is 27.8 Å². The van der Waals surface area contributed by atoms with E-state index in [1.54, 1.807) is 4.90 Å². The maximum absolute atomic E-state index is 12.7. The van der Waals surface area contributed by atoms with E-state index in [-0.39, 0.29) is 35.2 Å². The van der Waals surface area contributed by atoms with Gasteiger partial charge in [0.05, 0.1) is 12.0 Å². The van der Waals surface area contributed by atoms with E-state index >= 15 is 0 Å². The van der Waals surface area contributed by atoms with Crippen molar-refractivity contribution in [2.24, 2.45) is 0 Å². The minimum absolute atomic E-state index is 0.00784. The molecule has 152 valence electrons. The Kier molecular flexibility index (Phi) is 5.15. The first-order chi connectivity index (χ1) is 13.9. The van der Waals surface area contributed by atoms with Gasteiger partial charge in [-0.1, -0.05) is 18.2 Å². The third kappa shape index (κ3) is 3.78. The first-order valence-electron chi connectivity index (χ1n) is 9.01. The molecule has 1 aliphatic rings. The highest BCUT2D eigenvalue weighted by Gasteiger charge is 2.31. The molecule has 0 saturated carbocycles. The monoisotopic (exact) mass is 433 g/mol. The van der Waals surface area contributed by atoms with Gasteiger partial charge in [-0.15, -0.1) is 11.3 Å². The molecular formula is C19H19N3O5S2. The average molecular weight is 434 g/mol. The van der Waals surface area contributed by atoms with E-state index < -0.39 is 16.0 Å². The number of aromatic amines is 1. The molecule has 29 heavy (non-hydrogen) atoms. The minimum Gasteiger partial charge on any atom is -0.478 e. The van der Waals surface area contributed by atoms with Gasteiger partial charge in [0.2, 0.25) is 5.91 Å². The van der Waals surface area contributed by atoms with Gasteiger partial charge in [-0.05, 0) is 17.7 Å². The lowest BCUT2D eigenvalue weighted by molar-refractivity contribution is -0.131. The lowest BCUT2D eigenvalue weighted by Crippen LogP contribution is -2.50. The standard InChI is InChI=1S/C19H19N3O5S2/c23-17(9-13-11-20-16-4-2-1-3-15(13)16)21-5-7-22(8-6-21)29(26,27)18-10-14(12-28-18)19(24)25/h1-4,10-12,20H,5-9H2,(H,24,25). The van der Waals surface area contributed by atoms with Crippen LogP contribution in [0.1, 0.15) is 15.9 Å². The number of hydrogen-bond donors (Lipinski definition) is 2. The fourth-order valence-electron chi connectivity index (χ4n) is 3.42. The molecule has 8 nitrogen and oxygen atoms in total. The number of aromatic carboxylic acids is 1. The molecule has 1 aliphatic heterocycles. The molecule has 2 N–H and O–H groups in total. The van der Waals surface area contributed by atoms with Crippen molar-refractivity contribution in [2.75, 3.05) is 26.2 Å². The number of thiophene rings is 1. The van der Waals surface area contributed by atoms with Crippen LogP contribution in [0.4, 0.5) is 0 Å². The number of carboxylic acids is 1. The van der Waals surface area contributed by atoms with Crippen molar-refractivity contribution in [1.29, 1.82) is 0 Å². The maximum atomic E-state index is 12.7. The maximum Gasteiger partial charge on any atom is 0.336 e. The number of nitrogens with one attached hydrogen (secondary N) is 1. The van der Waals surface area contributed by atoms with Crippen LogP contribution < -0.4 is 0 Å². The normalized spacial score (nSPS) is 15.7. The molecule has 0 aliphatic carbocycles. The highest BCUT2D eigenvalue weighted by molar-refractivity contribution is 7.91. The molecule has 2 aromatic heterocycles. The quantitative estimate of drug-likeness (QED) is 0.639. The number of carbonyl (C=O) groups excluding carboxylic acids is 1. The van der Waals surface area contributed by atoms with Crippen molar-refractivity contribution in [2.45, 2.75) is 10.6 Å². The van der Waals surface area contributed by atoms with Crippen LogP contribution in [0.5, 0.6) is 0 Å². The molecule has 3 aromatic rings. The van der Waals surface area contributed by atoms with Gasteiger partial charge in [0.15, 0.2) is 0 Å². The van der Waals surface area contributed by atoms with Gasteiger partial charge in [-0.25, -0.2) is 13.2 Å². The van der Waals surface area contributed by atoms with Crippen LogP contribution in [-0.2, 0) is 21.2 Å². The Morgan fingerprint density at radius 2 is 1.86 bits per heavy atom. The Labute approximate surface area is 171 Å². The number of nitrogens with zero attached hydrogens (tertiary/aromatic N) is 2. The number of benzene rings is 1. The lowest BCUT2D eigenvalue weighted by atomic mass is 10.1. The SMILES string of the molecule is O=C(O)c1csc(S(=O)(=O)N2CCN(C(=O)Cc3c[nH]c4ccccc34)CC2)c1. The number of carboxylic acid groups (broad SMARTS) is 1. The second-order valence-electron chi connectivity index (χ2n) is 6.78. The molecule has 4 rings (SSSR count). The highest BCUT2D eigenvalue weighted by atomic mass is 32.2. The van der Waals surface area contributed by atoms with Crippen LogP contribution in [0.3, 0.4) is 0 Å². The van der Waals surface area contributed by atoms with Crippen molar-refractivity contribution >= 4 is 44.1 Å². The number of piperazine rings is 1.